The molecule has 0 saturated carbocycles. The molecule has 5 N–H and O–H groups in total. The molecule has 19 heavy (non-hydrogen) atoms. The maximum Gasteiger partial charge on any atom is 0.187 e. The normalized spacial score (nSPS) is 39.2. The van der Waals surface area contributed by atoms with Crippen LogP contribution in [0.5, 0.6) is 0 Å². The van der Waals surface area contributed by atoms with E-state index in [9.17, 15) is 20.4 Å². The summed E-state index contributed by atoms with van der Waals surface area (Å²) in [6, 6.07) is 8.76. The molecule has 2 rings (SSSR count). The van der Waals surface area contributed by atoms with Crippen LogP contribution in [0.25, 0.3) is 0 Å². The number of rotatable bonds is 3. The van der Waals surface area contributed by atoms with Crippen molar-refractivity contribution in [2.75, 3.05) is 6.61 Å². The molecular weight excluding hydrogens is 252 g/mol. The summed E-state index contributed by atoms with van der Waals surface area (Å²) in [6.45, 7) is -0.559. The van der Waals surface area contributed by atoms with Gasteiger partial charge in [-0.05, 0) is 5.56 Å². The van der Waals surface area contributed by atoms with Gasteiger partial charge in [-0.3, -0.25) is 0 Å². The molecule has 1 aliphatic heterocycles. The Morgan fingerprint density at radius 1 is 1.11 bits per heavy atom. The molecule has 1 saturated heterocycles. The number of aliphatic hydroxyl groups excluding tert-OH is 4. The number of hydrogen-bond acceptors (Lipinski definition) is 6. The van der Waals surface area contributed by atoms with E-state index in [1.54, 1.807) is 30.3 Å². The molecule has 1 heterocycles. The smallest absolute Gasteiger partial charge is 0.187 e. The molecule has 106 valence electrons. The second-order valence-electron chi connectivity index (χ2n) is 4.80. The molecule has 0 aromatic heterocycles. The van der Waals surface area contributed by atoms with Crippen LogP contribution in [0.4, 0.5) is 0 Å². The van der Waals surface area contributed by atoms with Crippen molar-refractivity contribution in [1.29, 1.82) is 0 Å². The summed E-state index contributed by atoms with van der Waals surface area (Å²) in [6.07, 6.45) is -5.98. The van der Waals surface area contributed by atoms with Gasteiger partial charge in [0.1, 0.15) is 23.9 Å². The summed E-state index contributed by atoms with van der Waals surface area (Å²) in [7, 11) is 0. The predicted octanol–water partition coefficient (Wildman–Crippen LogP) is -1.61. The lowest BCUT2D eigenvalue weighted by molar-refractivity contribution is -0.328. The van der Waals surface area contributed by atoms with Crippen LogP contribution in [0.3, 0.4) is 0 Å². The van der Waals surface area contributed by atoms with Crippen LogP contribution >= 0.6 is 0 Å². The zero-order valence-electron chi connectivity index (χ0n) is 10.3. The Morgan fingerprint density at radius 3 is 2.32 bits per heavy atom. The third-order valence-corrected chi connectivity index (χ3v) is 3.46. The number of ether oxygens (including phenoxy) is 1. The van der Waals surface area contributed by atoms with Crippen molar-refractivity contribution in [2.45, 2.75) is 36.6 Å². The van der Waals surface area contributed by atoms with Gasteiger partial charge >= 0.3 is 0 Å². The molecule has 0 aliphatic carbocycles. The predicted molar refractivity (Wildman–Crippen MR) is 65.1 cm³/mol. The Hall–Kier alpha value is -1.02. The summed E-state index contributed by atoms with van der Waals surface area (Å²) in [5, 5.41) is 48.9. The van der Waals surface area contributed by atoms with Gasteiger partial charge in [-0.15, -0.1) is 0 Å². The van der Waals surface area contributed by atoms with E-state index in [4.69, 9.17) is 9.84 Å². The maximum absolute atomic E-state index is 10.4. The number of hydrogen-bond donors (Lipinski definition) is 5. The Bertz CT molecular complexity index is 411. The van der Waals surface area contributed by atoms with Gasteiger partial charge in [0.25, 0.3) is 0 Å². The minimum absolute atomic E-state index is 0.0780. The second kappa shape index (κ2) is 5.54. The lowest BCUT2D eigenvalue weighted by Gasteiger charge is -2.46. The van der Waals surface area contributed by atoms with Crippen LogP contribution in [-0.2, 0) is 11.2 Å². The zero-order chi connectivity index (χ0) is 14.0. The summed E-state index contributed by atoms with van der Waals surface area (Å²) < 4.78 is 4.95. The van der Waals surface area contributed by atoms with E-state index in [1.165, 1.54) is 0 Å². The van der Waals surface area contributed by atoms with Gasteiger partial charge in [-0.25, -0.2) is 0 Å². The van der Waals surface area contributed by atoms with Crippen molar-refractivity contribution in [3.8, 4) is 0 Å². The SMILES string of the molecule is OC[C@H]1OC(O)[C@@](O)(Cc2ccccc2)[C@@H](O)[C@@H]1O. The van der Waals surface area contributed by atoms with Gasteiger partial charge in [-0.2, -0.15) is 0 Å². The molecule has 5 atom stereocenters. The Kier molecular flexibility index (Phi) is 4.19. The zero-order valence-corrected chi connectivity index (χ0v) is 10.3. The van der Waals surface area contributed by atoms with Crippen LogP contribution in [0.2, 0.25) is 0 Å². The highest BCUT2D eigenvalue weighted by Gasteiger charge is 2.53. The first-order valence-electron chi connectivity index (χ1n) is 6.06. The van der Waals surface area contributed by atoms with Crippen LogP contribution in [0.15, 0.2) is 30.3 Å². The standard InChI is InChI=1S/C13H18O6/c14-7-9-10(15)11(16)13(18,12(17)19-9)6-8-4-2-1-3-5-8/h1-5,9-12,14-18H,6-7H2/t9-,10-,11+,12?,13-/m1/s1. The highest BCUT2D eigenvalue weighted by Crippen LogP contribution is 2.31. The fourth-order valence-electron chi connectivity index (χ4n) is 2.27. The first-order chi connectivity index (χ1) is 8.99. The van der Waals surface area contributed by atoms with E-state index in [-0.39, 0.29) is 6.42 Å². The highest BCUT2D eigenvalue weighted by molar-refractivity contribution is 5.19. The topological polar surface area (TPSA) is 110 Å². The van der Waals surface area contributed by atoms with E-state index >= 15 is 0 Å². The third kappa shape index (κ3) is 2.64. The third-order valence-electron chi connectivity index (χ3n) is 3.46. The lowest BCUT2D eigenvalue weighted by Crippen LogP contribution is -2.67. The monoisotopic (exact) mass is 270 g/mol. The minimum atomic E-state index is -2.02. The Labute approximate surface area is 110 Å². The van der Waals surface area contributed by atoms with Crippen molar-refractivity contribution in [2.24, 2.45) is 0 Å². The van der Waals surface area contributed by atoms with E-state index < -0.39 is 36.8 Å². The van der Waals surface area contributed by atoms with Gasteiger partial charge in [0.05, 0.1) is 6.61 Å². The van der Waals surface area contributed by atoms with E-state index in [1.807, 2.05) is 0 Å². The summed E-state index contributed by atoms with van der Waals surface area (Å²) in [4.78, 5) is 0. The largest absolute Gasteiger partial charge is 0.394 e. The van der Waals surface area contributed by atoms with Crippen molar-refractivity contribution in [3.05, 3.63) is 35.9 Å². The first-order valence-corrected chi connectivity index (χ1v) is 6.06. The fourth-order valence-corrected chi connectivity index (χ4v) is 2.27. The molecule has 0 spiro atoms. The van der Waals surface area contributed by atoms with Crippen molar-refractivity contribution < 1.29 is 30.3 Å². The summed E-state index contributed by atoms with van der Waals surface area (Å²) in [5.41, 5.74) is -1.34. The van der Waals surface area contributed by atoms with Gasteiger partial charge in [0.2, 0.25) is 0 Å². The number of benzene rings is 1. The molecule has 1 unspecified atom stereocenters. The van der Waals surface area contributed by atoms with Gasteiger partial charge in [0.15, 0.2) is 6.29 Å². The molecule has 0 radical (unpaired) electrons. The molecule has 6 nitrogen and oxygen atoms in total. The van der Waals surface area contributed by atoms with E-state index in [0.717, 1.165) is 0 Å². The molecule has 1 aliphatic rings. The average Bonchev–Trinajstić information content (AvgIpc) is 2.42. The van der Waals surface area contributed by atoms with Crippen LogP contribution < -0.4 is 0 Å². The van der Waals surface area contributed by atoms with Crippen LogP contribution in [0, 0.1) is 0 Å². The van der Waals surface area contributed by atoms with Crippen molar-refractivity contribution >= 4 is 0 Å². The van der Waals surface area contributed by atoms with E-state index in [2.05, 4.69) is 0 Å². The molecule has 1 aromatic carbocycles. The molecule has 0 amide bonds. The number of aliphatic hydroxyl groups is 5. The Morgan fingerprint density at radius 2 is 1.74 bits per heavy atom. The summed E-state index contributed by atoms with van der Waals surface area (Å²) in [5.74, 6) is 0. The second-order valence-corrected chi connectivity index (χ2v) is 4.80. The van der Waals surface area contributed by atoms with Crippen LogP contribution in [-0.4, -0.2) is 62.3 Å². The van der Waals surface area contributed by atoms with Gasteiger partial charge < -0.3 is 30.3 Å². The van der Waals surface area contributed by atoms with Gasteiger partial charge in [-0.1, -0.05) is 30.3 Å². The minimum Gasteiger partial charge on any atom is -0.394 e. The molecular formula is C13H18O6. The van der Waals surface area contributed by atoms with E-state index in [0.29, 0.717) is 5.56 Å². The highest BCUT2D eigenvalue weighted by atomic mass is 16.6. The van der Waals surface area contributed by atoms with Gasteiger partial charge in [0, 0.05) is 6.42 Å². The first kappa shape index (κ1) is 14.4. The Balaban J connectivity index is 2.21. The lowest BCUT2D eigenvalue weighted by atomic mass is 9.82. The fraction of sp³-hybridized carbons (Fsp3) is 0.538. The van der Waals surface area contributed by atoms with Crippen LogP contribution in [0.1, 0.15) is 5.56 Å². The molecule has 1 fully saturated rings. The quantitative estimate of drug-likeness (QED) is 0.452. The maximum atomic E-state index is 10.4. The van der Waals surface area contributed by atoms with Crippen molar-refractivity contribution in [3.63, 3.8) is 0 Å². The average molecular weight is 270 g/mol. The molecule has 1 aromatic rings. The summed E-state index contributed by atoms with van der Waals surface area (Å²) >= 11 is 0. The molecule has 6 heteroatoms. The molecule has 0 bridgehead atoms. The van der Waals surface area contributed by atoms with Crippen molar-refractivity contribution in [1.82, 2.24) is 0 Å².